The number of hydrogen-bond donors (Lipinski definition) is 12. The summed E-state index contributed by atoms with van der Waals surface area (Å²) in [7, 11) is 2.84. The third kappa shape index (κ3) is 22.7. The molecule has 2 rings (SSSR count). The predicted octanol–water partition coefficient (Wildman–Crippen LogP) is 0.824. The number of carboxylic acid groups (broad SMARTS) is 3. The molecule has 6 amide bonds. The molecule has 0 spiro atoms. The van der Waals surface area contributed by atoms with Crippen LogP contribution in [0.25, 0.3) is 0 Å². The number of aromatic hydroxyl groups is 1. The number of carboxylic acids is 3. The summed E-state index contributed by atoms with van der Waals surface area (Å²) in [6, 6.07) is 7.16. The number of nitrogens with zero attached hydrogens (tertiary/aromatic N) is 2. The SMILES string of the molecule is C=C(C(=O)NC(C)C(=O)NC(CCc1ccc(O)cc1)C(=O)NC(C(=O)O)C(C)C(=O)NC(CCCN=C(N)N)C(=O)O)N(C)C(=O)CCC(NC(=O)C(C)C(N)C=CC(C)=CC(C)C(Cc1ccccc1)OC)C(=O)O. The average molecular weight is 1080 g/mol. The third-order valence-corrected chi connectivity index (χ3v) is 12.6. The Balaban J connectivity index is 2.09. The van der Waals surface area contributed by atoms with Crippen LogP contribution in [0.3, 0.4) is 0 Å². The van der Waals surface area contributed by atoms with Crippen LogP contribution in [0.1, 0.15) is 77.8 Å². The van der Waals surface area contributed by atoms with Gasteiger partial charge in [0.1, 0.15) is 41.7 Å². The highest BCUT2D eigenvalue weighted by atomic mass is 16.5. The first kappa shape index (κ1) is 65.0. The Bertz CT molecular complexity index is 2460. The van der Waals surface area contributed by atoms with Crippen LogP contribution in [0.15, 0.2) is 95.7 Å². The summed E-state index contributed by atoms with van der Waals surface area (Å²) < 4.78 is 5.74. The largest absolute Gasteiger partial charge is 0.508 e. The smallest absolute Gasteiger partial charge is 0.327 e. The van der Waals surface area contributed by atoms with E-state index in [4.69, 9.17) is 21.9 Å². The van der Waals surface area contributed by atoms with E-state index in [1.165, 1.54) is 33.0 Å². The number of methoxy groups -OCH3 is 1. The van der Waals surface area contributed by atoms with E-state index in [-0.39, 0.29) is 62.4 Å². The molecule has 2 aromatic carbocycles. The lowest BCUT2D eigenvalue weighted by Gasteiger charge is -2.26. The van der Waals surface area contributed by atoms with Crippen LogP contribution in [0.4, 0.5) is 0 Å². The van der Waals surface area contributed by atoms with Gasteiger partial charge in [-0.05, 0) is 75.6 Å². The highest BCUT2D eigenvalue weighted by Gasteiger charge is 2.36. The Labute approximate surface area is 448 Å². The van der Waals surface area contributed by atoms with E-state index in [9.17, 15) is 63.6 Å². The van der Waals surface area contributed by atoms with Crippen molar-refractivity contribution in [1.29, 1.82) is 0 Å². The predicted molar refractivity (Wildman–Crippen MR) is 285 cm³/mol. The van der Waals surface area contributed by atoms with Gasteiger partial charge in [0.15, 0.2) is 5.96 Å². The van der Waals surface area contributed by atoms with Gasteiger partial charge in [-0.1, -0.05) is 93.6 Å². The number of aliphatic imine (C=N–C) groups is 1. The van der Waals surface area contributed by atoms with E-state index in [2.05, 4.69) is 38.2 Å². The zero-order valence-electron chi connectivity index (χ0n) is 44.6. The molecule has 0 aliphatic carbocycles. The van der Waals surface area contributed by atoms with Crippen LogP contribution in [-0.2, 0) is 60.7 Å². The number of rotatable bonds is 33. The van der Waals surface area contributed by atoms with E-state index < -0.39 is 114 Å². The molecule has 0 heterocycles. The first-order chi connectivity index (χ1) is 36.2. The minimum atomic E-state index is -1.93. The van der Waals surface area contributed by atoms with Gasteiger partial charge in [0, 0.05) is 39.1 Å². The van der Waals surface area contributed by atoms with Gasteiger partial charge in [0.25, 0.3) is 5.91 Å². The molecule has 0 saturated heterocycles. The average Bonchev–Trinajstić information content (AvgIpc) is 3.38. The molecular weight excluding hydrogens is 1000 g/mol. The lowest BCUT2D eigenvalue weighted by atomic mass is 9.95. The number of carbonyl (C=O) groups is 9. The Kier molecular flexibility index (Phi) is 27.3. The number of likely N-dealkylation sites (N-methyl/N-ethyl adjacent to an activating group) is 1. The molecule has 77 heavy (non-hydrogen) atoms. The molecule has 422 valence electrons. The second-order valence-corrected chi connectivity index (χ2v) is 18.7. The summed E-state index contributed by atoms with van der Waals surface area (Å²) >= 11 is 0. The minimum Gasteiger partial charge on any atom is -0.508 e. The van der Waals surface area contributed by atoms with E-state index in [1.54, 1.807) is 31.4 Å². The Morgan fingerprint density at radius 1 is 0.727 bits per heavy atom. The number of nitrogens with one attached hydrogen (secondary N) is 5. The summed E-state index contributed by atoms with van der Waals surface area (Å²) in [5.74, 6) is -12.7. The van der Waals surface area contributed by atoms with Gasteiger partial charge >= 0.3 is 17.9 Å². The van der Waals surface area contributed by atoms with E-state index in [1.807, 2.05) is 50.3 Å². The van der Waals surface area contributed by atoms with Crippen LogP contribution in [0.5, 0.6) is 5.75 Å². The van der Waals surface area contributed by atoms with Gasteiger partial charge in [0.05, 0.1) is 17.9 Å². The van der Waals surface area contributed by atoms with Crippen molar-refractivity contribution in [3.63, 3.8) is 0 Å². The summed E-state index contributed by atoms with van der Waals surface area (Å²) in [5.41, 5.74) is 19.0. The fraction of sp³-hybridized carbons (Fsp3) is 0.472. The molecule has 0 saturated carbocycles. The fourth-order valence-corrected chi connectivity index (χ4v) is 7.57. The monoisotopic (exact) mass is 1080 g/mol. The molecule has 0 radical (unpaired) electrons. The van der Waals surface area contributed by atoms with Gasteiger partial charge in [-0.3, -0.25) is 33.8 Å². The zero-order chi connectivity index (χ0) is 58.1. The summed E-state index contributed by atoms with van der Waals surface area (Å²) in [6.07, 6.45) is 5.15. The number of allylic oxidation sites excluding steroid dienone is 2. The van der Waals surface area contributed by atoms with Gasteiger partial charge in [0.2, 0.25) is 29.5 Å². The second-order valence-electron chi connectivity index (χ2n) is 18.7. The maximum absolute atomic E-state index is 13.8. The highest BCUT2D eigenvalue weighted by molar-refractivity contribution is 6.00. The number of benzene rings is 2. The van der Waals surface area contributed by atoms with Crippen molar-refractivity contribution in [3.05, 3.63) is 102 Å². The van der Waals surface area contributed by atoms with E-state index in [0.717, 1.165) is 23.0 Å². The maximum Gasteiger partial charge on any atom is 0.327 e. The van der Waals surface area contributed by atoms with Crippen molar-refractivity contribution in [2.24, 2.45) is 39.9 Å². The van der Waals surface area contributed by atoms with Crippen LogP contribution in [0, 0.1) is 17.8 Å². The number of phenolic OH excluding ortho intramolecular Hbond substituents is 1. The van der Waals surface area contributed by atoms with E-state index >= 15 is 0 Å². The number of amides is 6. The lowest BCUT2D eigenvalue weighted by Crippen LogP contribution is -2.58. The first-order valence-corrected chi connectivity index (χ1v) is 24.9. The number of aliphatic carboxylic acids is 3. The number of carbonyl (C=O) groups excluding carboxylic acids is 6. The quantitative estimate of drug-likeness (QED) is 0.0155. The molecule has 15 N–H and O–H groups in total. The van der Waals surface area contributed by atoms with Crippen molar-refractivity contribution < 1.29 is 68.3 Å². The first-order valence-electron chi connectivity index (χ1n) is 24.9. The van der Waals surface area contributed by atoms with Gasteiger partial charge in [-0.2, -0.15) is 0 Å². The number of guanidine groups is 1. The highest BCUT2D eigenvalue weighted by Crippen LogP contribution is 2.19. The summed E-state index contributed by atoms with van der Waals surface area (Å²) in [4.78, 5) is 121. The Morgan fingerprint density at radius 2 is 1.30 bits per heavy atom. The van der Waals surface area contributed by atoms with Crippen molar-refractivity contribution in [1.82, 2.24) is 31.5 Å². The molecular formula is C53H76N10O14. The Morgan fingerprint density at radius 3 is 1.86 bits per heavy atom. The van der Waals surface area contributed by atoms with Crippen LogP contribution < -0.4 is 43.8 Å². The van der Waals surface area contributed by atoms with E-state index in [0.29, 0.717) is 12.0 Å². The topological polar surface area (TPSA) is 398 Å². The lowest BCUT2D eigenvalue weighted by molar-refractivity contribution is -0.147. The molecule has 24 nitrogen and oxygen atoms in total. The summed E-state index contributed by atoms with van der Waals surface area (Å²) in [6.45, 7) is 11.5. The number of hydrogen-bond acceptors (Lipinski definition) is 13. The van der Waals surface area contributed by atoms with Crippen molar-refractivity contribution >= 4 is 59.3 Å². The minimum absolute atomic E-state index is 0.0347. The number of ether oxygens (including phenoxy) is 1. The molecule has 10 atom stereocenters. The molecule has 0 aliphatic rings. The molecule has 0 bridgehead atoms. The second kappa shape index (κ2) is 32.3. The van der Waals surface area contributed by atoms with Crippen molar-refractivity contribution in [2.45, 2.75) is 122 Å². The molecule has 24 heteroatoms. The Hall–Kier alpha value is -8.12. The number of aryl methyl sites for hydroxylation is 1. The molecule has 0 aromatic heterocycles. The molecule has 10 unspecified atom stereocenters. The third-order valence-electron chi connectivity index (χ3n) is 12.6. The van der Waals surface area contributed by atoms with Crippen molar-refractivity contribution in [3.8, 4) is 5.75 Å². The summed E-state index contributed by atoms with van der Waals surface area (Å²) in [5, 5.41) is 51.2. The fourth-order valence-electron chi connectivity index (χ4n) is 7.57. The van der Waals surface area contributed by atoms with Crippen LogP contribution in [0.2, 0.25) is 0 Å². The number of nitrogens with two attached hydrogens (primary N) is 3. The molecule has 0 aliphatic heterocycles. The van der Waals surface area contributed by atoms with Crippen LogP contribution >= 0.6 is 0 Å². The van der Waals surface area contributed by atoms with Gasteiger partial charge < -0.3 is 73.8 Å². The zero-order valence-corrected chi connectivity index (χ0v) is 44.6. The van der Waals surface area contributed by atoms with Gasteiger partial charge in [-0.15, -0.1) is 0 Å². The maximum atomic E-state index is 13.8. The number of phenols is 1. The standard InChI is InChI=1S/C53H76N10O14/c1-29(27-30(2)42(77-8)28-36-13-10-9-11-14-36)16-22-38(54)31(3)45(66)61-41(51(73)74)24-25-43(65)63(7)34(6)48(69)58-33(5)47(68)59-39(23-19-35-17-20-37(64)21-18-35)49(70)62-44(52(75)76)32(4)46(67)60-40(50(71)72)15-12-26-57-53(55)56/h9-11,13-14,16-18,20-22,27,30-33,38-42,44,64H,6,12,15,19,23-26,28,54H2,1-5,7-8H3,(H,58,69)(H,59,68)(H,60,67)(H,61,66)(H,62,70)(H,71,72)(H,73,74)(H,75,76)(H4,55,56,57). The van der Waals surface area contributed by atoms with Gasteiger partial charge in [-0.25, -0.2) is 14.4 Å². The molecule has 2 aromatic rings. The molecule has 0 fully saturated rings. The van der Waals surface area contributed by atoms with Crippen LogP contribution in [-0.4, -0.2) is 148 Å². The van der Waals surface area contributed by atoms with Crippen molar-refractivity contribution in [2.75, 3.05) is 20.7 Å². The normalized spacial score (nSPS) is 15.3.